The van der Waals surface area contributed by atoms with Crippen LogP contribution in [0.25, 0.3) is 0 Å². The molecule has 2 aromatic rings. The summed E-state index contributed by atoms with van der Waals surface area (Å²) in [6, 6.07) is 13.6. The fourth-order valence-corrected chi connectivity index (χ4v) is 2.88. The van der Waals surface area contributed by atoms with Crippen molar-refractivity contribution in [2.45, 2.75) is 19.3 Å². The number of benzene rings is 2. The quantitative estimate of drug-likeness (QED) is 0.776. The molecule has 1 aliphatic rings. The van der Waals surface area contributed by atoms with E-state index in [1.807, 2.05) is 24.3 Å². The van der Waals surface area contributed by atoms with Crippen LogP contribution in [-0.2, 0) is 16.0 Å². The highest BCUT2D eigenvalue weighted by atomic mass is 19.1. The Morgan fingerprint density at radius 3 is 2.62 bits per heavy atom. The summed E-state index contributed by atoms with van der Waals surface area (Å²) in [6.07, 6.45) is 1.73. The molecule has 6 heteroatoms. The molecule has 0 atom stereocenters. The van der Waals surface area contributed by atoms with Crippen LogP contribution in [0.3, 0.4) is 0 Å². The van der Waals surface area contributed by atoms with Gasteiger partial charge in [-0.25, -0.2) is 4.39 Å². The van der Waals surface area contributed by atoms with Gasteiger partial charge in [-0.1, -0.05) is 24.3 Å². The zero-order chi connectivity index (χ0) is 18.4. The molecule has 0 radical (unpaired) electrons. The first kappa shape index (κ1) is 17.9. The van der Waals surface area contributed by atoms with Crippen LogP contribution in [0.5, 0.6) is 5.75 Å². The summed E-state index contributed by atoms with van der Waals surface area (Å²) in [5, 5.41) is 2.75. The Kier molecular flexibility index (Phi) is 5.84. The van der Waals surface area contributed by atoms with Crippen LogP contribution in [0, 0.1) is 5.82 Å². The Hall–Kier alpha value is -2.89. The van der Waals surface area contributed by atoms with Crippen LogP contribution in [0.1, 0.15) is 18.4 Å². The minimum atomic E-state index is -0.421. The number of carbonyl (C=O) groups excluding carboxylic acids is 2. The first-order valence-electron chi connectivity index (χ1n) is 8.67. The summed E-state index contributed by atoms with van der Waals surface area (Å²) in [5.41, 5.74) is 1.74. The molecular weight excluding hydrogens is 335 g/mol. The predicted molar refractivity (Wildman–Crippen MR) is 96.6 cm³/mol. The second kappa shape index (κ2) is 8.47. The molecule has 1 aliphatic heterocycles. The Balaban J connectivity index is 1.42. The number of nitrogens with zero attached hydrogens (tertiary/aromatic N) is 1. The zero-order valence-electron chi connectivity index (χ0n) is 14.4. The van der Waals surface area contributed by atoms with E-state index in [2.05, 4.69) is 5.32 Å². The van der Waals surface area contributed by atoms with Gasteiger partial charge in [-0.2, -0.15) is 0 Å². The van der Waals surface area contributed by atoms with Gasteiger partial charge in [0.2, 0.25) is 11.8 Å². The van der Waals surface area contributed by atoms with Crippen LogP contribution in [-0.4, -0.2) is 31.5 Å². The van der Waals surface area contributed by atoms with E-state index < -0.39 is 5.82 Å². The van der Waals surface area contributed by atoms with E-state index in [-0.39, 0.29) is 30.6 Å². The number of carbonyl (C=O) groups is 2. The number of para-hydroxylation sites is 1. The van der Waals surface area contributed by atoms with Crippen LogP contribution < -0.4 is 15.0 Å². The molecule has 1 fully saturated rings. The molecule has 136 valence electrons. The summed E-state index contributed by atoms with van der Waals surface area (Å²) in [4.78, 5) is 25.5. The van der Waals surface area contributed by atoms with Gasteiger partial charge in [-0.15, -0.1) is 0 Å². The maximum atomic E-state index is 13.4. The van der Waals surface area contributed by atoms with Crippen LogP contribution >= 0.6 is 0 Å². The molecule has 5 nitrogen and oxygen atoms in total. The van der Waals surface area contributed by atoms with Crippen molar-refractivity contribution >= 4 is 17.5 Å². The molecule has 2 amide bonds. The maximum Gasteiger partial charge on any atom is 0.227 e. The summed E-state index contributed by atoms with van der Waals surface area (Å²) >= 11 is 0. The highest BCUT2D eigenvalue weighted by Crippen LogP contribution is 2.21. The molecule has 0 saturated carbocycles. The van der Waals surface area contributed by atoms with Crippen molar-refractivity contribution in [3.05, 3.63) is 59.9 Å². The molecule has 3 rings (SSSR count). The van der Waals surface area contributed by atoms with E-state index in [9.17, 15) is 14.0 Å². The Labute approximate surface area is 151 Å². The summed E-state index contributed by atoms with van der Waals surface area (Å²) < 4.78 is 18.7. The number of ether oxygens (including phenoxy) is 1. The molecule has 1 saturated heterocycles. The van der Waals surface area contributed by atoms with E-state index in [1.165, 1.54) is 6.07 Å². The van der Waals surface area contributed by atoms with Crippen molar-refractivity contribution in [3.8, 4) is 5.75 Å². The molecule has 0 spiro atoms. The zero-order valence-corrected chi connectivity index (χ0v) is 14.4. The van der Waals surface area contributed by atoms with Crippen molar-refractivity contribution in [1.82, 2.24) is 5.32 Å². The van der Waals surface area contributed by atoms with Gasteiger partial charge in [-0.05, 0) is 36.2 Å². The van der Waals surface area contributed by atoms with Gasteiger partial charge in [0.15, 0.2) is 11.6 Å². The van der Waals surface area contributed by atoms with Crippen molar-refractivity contribution in [1.29, 1.82) is 0 Å². The molecule has 26 heavy (non-hydrogen) atoms. The first-order valence-corrected chi connectivity index (χ1v) is 8.67. The third kappa shape index (κ3) is 4.59. The number of halogens is 1. The fraction of sp³-hybridized carbons (Fsp3) is 0.300. The SMILES string of the molecule is O=C(Cc1ccc(N2CCCC2=O)cc1)NCCOc1ccccc1F. The van der Waals surface area contributed by atoms with E-state index >= 15 is 0 Å². The lowest BCUT2D eigenvalue weighted by Gasteiger charge is -2.15. The van der Waals surface area contributed by atoms with Gasteiger partial charge >= 0.3 is 0 Å². The molecule has 1 N–H and O–H groups in total. The van der Waals surface area contributed by atoms with E-state index in [1.54, 1.807) is 23.1 Å². The molecule has 1 heterocycles. The fourth-order valence-electron chi connectivity index (χ4n) is 2.88. The van der Waals surface area contributed by atoms with Crippen molar-refractivity contribution in [2.75, 3.05) is 24.6 Å². The molecule has 2 aromatic carbocycles. The maximum absolute atomic E-state index is 13.4. The van der Waals surface area contributed by atoms with E-state index in [0.717, 1.165) is 24.2 Å². The number of hydrogen-bond acceptors (Lipinski definition) is 3. The summed E-state index contributed by atoms with van der Waals surface area (Å²) in [5.74, 6) is -0.235. The van der Waals surface area contributed by atoms with Gasteiger partial charge < -0.3 is 15.0 Å². The van der Waals surface area contributed by atoms with Gasteiger partial charge in [0.25, 0.3) is 0 Å². The van der Waals surface area contributed by atoms with Crippen LogP contribution in [0.15, 0.2) is 48.5 Å². The standard InChI is InChI=1S/C20H21FN2O3/c21-17-4-1-2-5-18(17)26-13-11-22-19(24)14-15-7-9-16(10-8-15)23-12-3-6-20(23)25/h1-2,4-5,7-10H,3,6,11-14H2,(H,22,24). The van der Waals surface area contributed by atoms with Crippen LogP contribution in [0.2, 0.25) is 0 Å². The molecule has 0 bridgehead atoms. The third-order valence-electron chi connectivity index (χ3n) is 4.20. The third-order valence-corrected chi connectivity index (χ3v) is 4.20. The minimum absolute atomic E-state index is 0.132. The number of amides is 2. The number of rotatable bonds is 7. The minimum Gasteiger partial charge on any atom is -0.489 e. The van der Waals surface area contributed by atoms with Gasteiger partial charge in [-0.3, -0.25) is 9.59 Å². The largest absolute Gasteiger partial charge is 0.489 e. The highest BCUT2D eigenvalue weighted by Gasteiger charge is 2.21. The predicted octanol–water partition coefficient (Wildman–Crippen LogP) is 2.69. The monoisotopic (exact) mass is 356 g/mol. The lowest BCUT2D eigenvalue weighted by atomic mass is 10.1. The van der Waals surface area contributed by atoms with Crippen molar-refractivity contribution in [2.24, 2.45) is 0 Å². The van der Waals surface area contributed by atoms with Crippen molar-refractivity contribution < 1.29 is 18.7 Å². The van der Waals surface area contributed by atoms with Gasteiger partial charge in [0.05, 0.1) is 13.0 Å². The number of hydrogen-bond donors (Lipinski definition) is 1. The average molecular weight is 356 g/mol. The Morgan fingerprint density at radius 1 is 1.15 bits per heavy atom. The number of nitrogens with one attached hydrogen (secondary N) is 1. The summed E-state index contributed by atoms with van der Waals surface area (Å²) in [7, 11) is 0. The normalized spacial score (nSPS) is 13.7. The Bertz CT molecular complexity index is 777. The first-order chi connectivity index (χ1) is 12.6. The van der Waals surface area contributed by atoms with E-state index in [0.29, 0.717) is 13.0 Å². The molecule has 0 unspecified atom stereocenters. The summed E-state index contributed by atoms with van der Waals surface area (Å²) in [6.45, 7) is 1.25. The van der Waals surface area contributed by atoms with Gasteiger partial charge in [0, 0.05) is 18.7 Å². The lowest BCUT2D eigenvalue weighted by molar-refractivity contribution is -0.120. The smallest absolute Gasteiger partial charge is 0.227 e. The van der Waals surface area contributed by atoms with Crippen molar-refractivity contribution in [3.63, 3.8) is 0 Å². The molecular formula is C20H21FN2O3. The lowest BCUT2D eigenvalue weighted by Crippen LogP contribution is -2.29. The average Bonchev–Trinajstić information content (AvgIpc) is 3.07. The second-order valence-corrected chi connectivity index (χ2v) is 6.12. The number of anilines is 1. The van der Waals surface area contributed by atoms with Gasteiger partial charge in [0.1, 0.15) is 6.61 Å². The molecule has 0 aliphatic carbocycles. The van der Waals surface area contributed by atoms with Crippen LogP contribution in [0.4, 0.5) is 10.1 Å². The molecule has 0 aromatic heterocycles. The topological polar surface area (TPSA) is 58.6 Å². The Morgan fingerprint density at radius 2 is 1.92 bits per heavy atom. The highest BCUT2D eigenvalue weighted by molar-refractivity contribution is 5.95. The second-order valence-electron chi connectivity index (χ2n) is 6.12. The van der Waals surface area contributed by atoms with E-state index in [4.69, 9.17) is 4.74 Å².